The minimum Gasteiger partial charge on any atom is -0.496 e. The standard InChI is InChI=1S/C20H25N3O2S/c1-25-18-13-16(23-12-8-17-19(20(23)24)26-14-21-17)7-6-15(18)5-4-11-22-9-2-3-10-22/h6-7,13-14H,2-5,8-12H2,1H3. The average molecular weight is 372 g/mol. The van der Waals surface area contributed by atoms with Crippen molar-refractivity contribution in [1.29, 1.82) is 0 Å². The molecule has 1 aromatic heterocycles. The van der Waals surface area contributed by atoms with E-state index in [-0.39, 0.29) is 5.91 Å². The molecule has 3 heterocycles. The average Bonchev–Trinajstić information content (AvgIpc) is 3.34. The Balaban J connectivity index is 1.46. The molecule has 2 aromatic rings. The number of nitrogens with zero attached hydrogens (tertiary/aromatic N) is 3. The van der Waals surface area contributed by atoms with Crippen molar-refractivity contribution < 1.29 is 9.53 Å². The quantitative estimate of drug-likeness (QED) is 0.781. The van der Waals surface area contributed by atoms with Gasteiger partial charge in [-0.2, -0.15) is 0 Å². The molecule has 4 rings (SSSR count). The minimum absolute atomic E-state index is 0.0533. The van der Waals surface area contributed by atoms with E-state index >= 15 is 0 Å². The van der Waals surface area contributed by atoms with E-state index in [0.717, 1.165) is 47.8 Å². The summed E-state index contributed by atoms with van der Waals surface area (Å²) >= 11 is 1.43. The summed E-state index contributed by atoms with van der Waals surface area (Å²) in [6.07, 6.45) is 5.63. The zero-order valence-electron chi connectivity index (χ0n) is 15.2. The van der Waals surface area contributed by atoms with E-state index < -0.39 is 0 Å². The molecule has 2 aliphatic heterocycles. The molecule has 1 amide bonds. The Morgan fingerprint density at radius 3 is 2.88 bits per heavy atom. The highest BCUT2D eigenvalue weighted by atomic mass is 32.1. The number of fused-ring (bicyclic) bond motifs is 1. The van der Waals surface area contributed by atoms with Crippen LogP contribution in [0.4, 0.5) is 5.69 Å². The summed E-state index contributed by atoms with van der Waals surface area (Å²) in [5.41, 5.74) is 4.82. The fourth-order valence-electron chi connectivity index (χ4n) is 3.92. The van der Waals surface area contributed by atoms with Gasteiger partial charge in [-0.05, 0) is 56.9 Å². The van der Waals surface area contributed by atoms with Crippen molar-refractivity contribution in [1.82, 2.24) is 9.88 Å². The van der Waals surface area contributed by atoms with Gasteiger partial charge in [0.05, 0.1) is 18.3 Å². The summed E-state index contributed by atoms with van der Waals surface area (Å²) < 4.78 is 5.63. The van der Waals surface area contributed by atoms with Gasteiger partial charge >= 0.3 is 0 Å². The first-order valence-electron chi connectivity index (χ1n) is 9.40. The van der Waals surface area contributed by atoms with Crippen molar-refractivity contribution in [3.63, 3.8) is 0 Å². The molecule has 0 bridgehead atoms. The van der Waals surface area contributed by atoms with E-state index in [9.17, 15) is 4.79 Å². The molecule has 1 saturated heterocycles. The smallest absolute Gasteiger partial charge is 0.270 e. The predicted octanol–water partition coefficient (Wildman–Crippen LogP) is 3.38. The normalized spacial score (nSPS) is 17.6. The number of ether oxygens (including phenoxy) is 1. The molecule has 0 N–H and O–H groups in total. The van der Waals surface area contributed by atoms with E-state index in [0.29, 0.717) is 6.54 Å². The number of methoxy groups -OCH3 is 1. The molecule has 138 valence electrons. The zero-order chi connectivity index (χ0) is 17.9. The number of aryl methyl sites for hydroxylation is 1. The molecular formula is C20H25N3O2S. The van der Waals surface area contributed by atoms with Gasteiger partial charge in [-0.15, -0.1) is 11.3 Å². The van der Waals surface area contributed by atoms with Crippen LogP contribution in [0.25, 0.3) is 0 Å². The molecule has 0 radical (unpaired) electrons. The number of rotatable bonds is 6. The molecule has 0 spiro atoms. The zero-order valence-corrected chi connectivity index (χ0v) is 16.1. The summed E-state index contributed by atoms with van der Waals surface area (Å²) in [6.45, 7) is 4.32. The number of aromatic nitrogens is 1. The number of hydrogen-bond donors (Lipinski definition) is 0. The maximum Gasteiger partial charge on any atom is 0.270 e. The summed E-state index contributed by atoms with van der Waals surface area (Å²) in [7, 11) is 1.71. The van der Waals surface area contributed by atoms with E-state index in [1.807, 2.05) is 11.0 Å². The van der Waals surface area contributed by atoms with Crippen LogP contribution in [0, 0.1) is 0 Å². The molecule has 2 aliphatic rings. The fourth-order valence-corrected chi connectivity index (χ4v) is 4.70. The SMILES string of the molecule is COc1cc(N2CCc3ncsc3C2=O)ccc1CCCN1CCCC1. The largest absolute Gasteiger partial charge is 0.496 e. The van der Waals surface area contributed by atoms with Crippen molar-refractivity contribution >= 4 is 22.9 Å². The summed E-state index contributed by atoms with van der Waals surface area (Å²) in [6, 6.07) is 6.18. The molecular weight excluding hydrogens is 346 g/mol. The minimum atomic E-state index is 0.0533. The number of benzene rings is 1. The Labute approximate surface area is 158 Å². The number of thiazole rings is 1. The lowest BCUT2D eigenvalue weighted by Gasteiger charge is -2.27. The number of carbonyl (C=O) groups is 1. The van der Waals surface area contributed by atoms with Crippen molar-refractivity contribution in [2.24, 2.45) is 0 Å². The van der Waals surface area contributed by atoms with Crippen LogP contribution in [0.3, 0.4) is 0 Å². The number of amides is 1. The van der Waals surface area contributed by atoms with Gasteiger partial charge in [-0.3, -0.25) is 4.79 Å². The lowest BCUT2D eigenvalue weighted by molar-refractivity contribution is 0.0984. The highest BCUT2D eigenvalue weighted by molar-refractivity contribution is 7.12. The first-order valence-corrected chi connectivity index (χ1v) is 10.3. The predicted molar refractivity (Wildman–Crippen MR) is 104 cm³/mol. The third kappa shape index (κ3) is 3.48. The third-order valence-electron chi connectivity index (χ3n) is 5.35. The van der Waals surface area contributed by atoms with Crippen LogP contribution in [-0.2, 0) is 12.8 Å². The van der Waals surface area contributed by atoms with Gasteiger partial charge in [0.2, 0.25) is 0 Å². The molecule has 26 heavy (non-hydrogen) atoms. The van der Waals surface area contributed by atoms with Crippen LogP contribution >= 0.6 is 11.3 Å². The fraction of sp³-hybridized carbons (Fsp3) is 0.500. The molecule has 5 nitrogen and oxygen atoms in total. The topological polar surface area (TPSA) is 45.7 Å². The molecule has 6 heteroatoms. The Morgan fingerprint density at radius 2 is 2.08 bits per heavy atom. The summed E-state index contributed by atoms with van der Waals surface area (Å²) in [5, 5.41) is 0. The monoisotopic (exact) mass is 371 g/mol. The van der Waals surface area contributed by atoms with Crippen LogP contribution in [0.15, 0.2) is 23.7 Å². The molecule has 0 aliphatic carbocycles. The first-order chi connectivity index (χ1) is 12.8. The van der Waals surface area contributed by atoms with Crippen LogP contribution in [0.2, 0.25) is 0 Å². The van der Waals surface area contributed by atoms with Gasteiger partial charge in [0.15, 0.2) is 0 Å². The molecule has 1 fully saturated rings. The van der Waals surface area contributed by atoms with Gasteiger partial charge in [0, 0.05) is 24.7 Å². The van der Waals surface area contributed by atoms with Gasteiger partial charge in [0.1, 0.15) is 10.6 Å². The van der Waals surface area contributed by atoms with Crippen molar-refractivity contribution in [3.05, 3.63) is 39.8 Å². The van der Waals surface area contributed by atoms with E-state index in [1.54, 1.807) is 12.6 Å². The Bertz CT molecular complexity index is 783. The second-order valence-corrected chi connectivity index (χ2v) is 7.84. The lowest BCUT2D eigenvalue weighted by Crippen LogP contribution is -2.36. The third-order valence-corrected chi connectivity index (χ3v) is 6.21. The second kappa shape index (κ2) is 7.76. The van der Waals surface area contributed by atoms with Crippen LogP contribution in [-0.4, -0.2) is 49.1 Å². The molecule has 1 aromatic carbocycles. The van der Waals surface area contributed by atoms with Crippen LogP contribution in [0.5, 0.6) is 5.75 Å². The summed E-state index contributed by atoms with van der Waals surface area (Å²) in [4.78, 5) is 22.2. The maximum atomic E-state index is 12.7. The lowest BCUT2D eigenvalue weighted by atomic mass is 10.1. The van der Waals surface area contributed by atoms with Crippen molar-refractivity contribution in [3.8, 4) is 5.75 Å². The molecule has 0 atom stereocenters. The van der Waals surface area contributed by atoms with Crippen molar-refractivity contribution in [2.75, 3.05) is 38.2 Å². The highest BCUT2D eigenvalue weighted by Gasteiger charge is 2.28. The van der Waals surface area contributed by atoms with Gasteiger partial charge < -0.3 is 14.5 Å². The Hall–Kier alpha value is -1.92. The second-order valence-electron chi connectivity index (χ2n) is 6.98. The maximum absolute atomic E-state index is 12.7. The number of likely N-dealkylation sites (tertiary alicyclic amines) is 1. The van der Waals surface area contributed by atoms with Gasteiger partial charge in [-0.1, -0.05) is 6.07 Å². The first kappa shape index (κ1) is 17.5. The van der Waals surface area contributed by atoms with E-state index in [4.69, 9.17) is 4.74 Å². The number of carbonyl (C=O) groups excluding carboxylic acids is 1. The molecule has 0 saturated carbocycles. The Morgan fingerprint density at radius 1 is 1.23 bits per heavy atom. The van der Waals surface area contributed by atoms with Crippen LogP contribution in [0.1, 0.15) is 40.2 Å². The van der Waals surface area contributed by atoms with Crippen LogP contribution < -0.4 is 9.64 Å². The number of anilines is 1. The number of hydrogen-bond acceptors (Lipinski definition) is 5. The Kier molecular flexibility index (Phi) is 5.22. The van der Waals surface area contributed by atoms with Crippen molar-refractivity contribution in [2.45, 2.75) is 32.1 Å². The van der Waals surface area contributed by atoms with E-state index in [1.165, 1.54) is 42.8 Å². The van der Waals surface area contributed by atoms with Gasteiger partial charge in [-0.25, -0.2) is 4.98 Å². The summed E-state index contributed by atoms with van der Waals surface area (Å²) in [5.74, 6) is 0.935. The van der Waals surface area contributed by atoms with E-state index in [2.05, 4.69) is 22.0 Å². The highest BCUT2D eigenvalue weighted by Crippen LogP contribution is 2.31. The molecule has 0 unspecified atom stereocenters. The van der Waals surface area contributed by atoms with Gasteiger partial charge in [0.25, 0.3) is 5.91 Å².